The number of hydrogen-bond acceptors (Lipinski definition) is 3. The van der Waals surface area contributed by atoms with Crippen LogP contribution in [0.2, 0.25) is 0 Å². The Morgan fingerprint density at radius 1 is 1.29 bits per heavy atom. The third kappa shape index (κ3) is 5.10. The molecule has 0 radical (unpaired) electrons. The summed E-state index contributed by atoms with van der Waals surface area (Å²) in [6.45, 7) is 5.96. The molecule has 0 aromatic heterocycles. The molecule has 0 aliphatic rings. The molecule has 0 heterocycles. The Labute approximate surface area is 125 Å². The van der Waals surface area contributed by atoms with E-state index in [1.165, 1.54) is 4.90 Å². The predicted molar refractivity (Wildman–Crippen MR) is 80.3 cm³/mol. The molecule has 2 atom stereocenters. The Morgan fingerprint density at radius 3 is 2.52 bits per heavy atom. The van der Waals surface area contributed by atoms with E-state index in [0.29, 0.717) is 13.2 Å². The fourth-order valence-corrected chi connectivity index (χ4v) is 1.89. The van der Waals surface area contributed by atoms with Crippen LogP contribution in [0.3, 0.4) is 0 Å². The highest BCUT2D eigenvalue weighted by molar-refractivity contribution is 5.84. The summed E-state index contributed by atoms with van der Waals surface area (Å²) in [4.78, 5) is 24.5. The standard InChI is InChI=1S/C16H23NO4/c1-11-6-5-7-14(10-11)21-9-8-17(4)15(18)12(2)13(3)16(19)20/h5-7,10,12-13H,8-9H2,1-4H3,(H,19,20). The molecule has 0 bridgehead atoms. The van der Waals surface area contributed by atoms with Crippen molar-refractivity contribution in [2.45, 2.75) is 20.8 Å². The molecular formula is C16H23NO4. The number of hydrogen-bond donors (Lipinski definition) is 1. The molecule has 1 aromatic rings. The number of benzene rings is 1. The summed E-state index contributed by atoms with van der Waals surface area (Å²) in [6, 6.07) is 7.69. The van der Waals surface area contributed by atoms with E-state index in [-0.39, 0.29) is 5.91 Å². The van der Waals surface area contributed by atoms with Crippen LogP contribution < -0.4 is 4.74 Å². The fraction of sp³-hybridized carbons (Fsp3) is 0.500. The van der Waals surface area contributed by atoms with Crippen LogP contribution >= 0.6 is 0 Å². The summed E-state index contributed by atoms with van der Waals surface area (Å²) in [5, 5.41) is 8.94. The second kappa shape index (κ2) is 7.67. The average Bonchev–Trinajstić information content (AvgIpc) is 2.44. The monoisotopic (exact) mass is 293 g/mol. The molecule has 0 saturated heterocycles. The Morgan fingerprint density at radius 2 is 1.95 bits per heavy atom. The largest absolute Gasteiger partial charge is 0.492 e. The van der Waals surface area contributed by atoms with Crippen LogP contribution in [0.15, 0.2) is 24.3 Å². The number of carboxylic acids is 1. The van der Waals surface area contributed by atoms with Crippen molar-refractivity contribution in [3.63, 3.8) is 0 Å². The number of likely N-dealkylation sites (N-methyl/N-ethyl adjacent to an activating group) is 1. The molecule has 1 rings (SSSR count). The topological polar surface area (TPSA) is 66.8 Å². The summed E-state index contributed by atoms with van der Waals surface area (Å²) < 4.78 is 5.59. The molecule has 0 saturated carbocycles. The first kappa shape index (κ1) is 17.0. The van der Waals surface area contributed by atoms with Gasteiger partial charge in [-0.3, -0.25) is 9.59 Å². The molecule has 2 unspecified atom stereocenters. The lowest BCUT2D eigenvalue weighted by molar-refractivity contribution is -0.148. The highest BCUT2D eigenvalue weighted by Crippen LogP contribution is 2.15. The number of nitrogens with zero attached hydrogens (tertiary/aromatic N) is 1. The second-order valence-electron chi connectivity index (χ2n) is 5.34. The highest BCUT2D eigenvalue weighted by atomic mass is 16.5. The van der Waals surface area contributed by atoms with Crippen molar-refractivity contribution >= 4 is 11.9 Å². The number of amides is 1. The van der Waals surface area contributed by atoms with Gasteiger partial charge >= 0.3 is 5.97 Å². The molecule has 0 spiro atoms. The fourth-order valence-electron chi connectivity index (χ4n) is 1.89. The van der Waals surface area contributed by atoms with Crippen LogP contribution in [0.5, 0.6) is 5.75 Å². The van der Waals surface area contributed by atoms with Gasteiger partial charge in [0, 0.05) is 13.0 Å². The van der Waals surface area contributed by atoms with Crippen LogP contribution in [-0.4, -0.2) is 42.1 Å². The maximum absolute atomic E-state index is 12.1. The second-order valence-corrected chi connectivity index (χ2v) is 5.34. The van der Waals surface area contributed by atoms with E-state index in [1.807, 2.05) is 31.2 Å². The minimum absolute atomic E-state index is 0.183. The lowest BCUT2D eigenvalue weighted by atomic mass is 9.95. The average molecular weight is 293 g/mol. The first-order valence-electron chi connectivity index (χ1n) is 7.00. The van der Waals surface area contributed by atoms with Gasteiger partial charge in [-0.15, -0.1) is 0 Å². The minimum atomic E-state index is -0.958. The van der Waals surface area contributed by atoms with Gasteiger partial charge in [0.1, 0.15) is 12.4 Å². The quantitative estimate of drug-likeness (QED) is 0.837. The number of carbonyl (C=O) groups is 2. The summed E-state index contributed by atoms with van der Waals surface area (Å²) in [7, 11) is 1.66. The van der Waals surface area contributed by atoms with E-state index >= 15 is 0 Å². The van der Waals surface area contributed by atoms with E-state index in [1.54, 1.807) is 20.9 Å². The predicted octanol–water partition coefficient (Wildman–Crippen LogP) is 2.19. The third-order valence-corrected chi connectivity index (χ3v) is 3.59. The first-order chi connectivity index (χ1) is 9.82. The van der Waals surface area contributed by atoms with Gasteiger partial charge in [-0.05, 0) is 24.6 Å². The zero-order valence-electron chi connectivity index (χ0n) is 13.0. The highest BCUT2D eigenvalue weighted by Gasteiger charge is 2.27. The van der Waals surface area contributed by atoms with Gasteiger partial charge < -0.3 is 14.7 Å². The molecule has 5 heteroatoms. The van der Waals surface area contributed by atoms with Crippen molar-refractivity contribution in [2.75, 3.05) is 20.2 Å². The van der Waals surface area contributed by atoms with Crippen LogP contribution in [0.1, 0.15) is 19.4 Å². The van der Waals surface area contributed by atoms with Gasteiger partial charge in [-0.25, -0.2) is 0 Å². The number of carbonyl (C=O) groups excluding carboxylic acids is 1. The Balaban J connectivity index is 2.44. The number of rotatable bonds is 7. The lowest BCUT2D eigenvalue weighted by Crippen LogP contribution is -2.38. The summed E-state index contributed by atoms with van der Waals surface area (Å²) in [6.07, 6.45) is 0. The maximum Gasteiger partial charge on any atom is 0.307 e. The third-order valence-electron chi connectivity index (χ3n) is 3.59. The minimum Gasteiger partial charge on any atom is -0.492 e. The molecule has 21 heavy (non-hydrogen) atoms. The van der Waals surface area contributed by atoms with E-state index in [2.05, 4.69) is 0 Å². The number of aryl methyl sites for hydroxylation is 1. The normalized spacial score (nSPS) is 13.3. The van der Waals surface area contributed by atoms with Crippen molar-refractivity contribution in [2.24, 2.45) is 11.8 Å². The summed E-state index contributed by atoms with van der Waals surface area (Å²) >= 11 is 0. The van der Waals surface area contributed by atoms with E-state index < -0.39 is 17.8 Å². The van der Waals surface area contributed by atoms with Crippen LogP contribution in [-0.2, 0) is 9.59 Å². The molecule has 0 aliphatic heterocycles. The van der Waals surface area contributed by atoms with Gasteiger partial charge in [0.05, 0.1) is 12.5 Å². The smallest absolute Gasteiger partial charge is 0.307 e. The Bertz CT molecular complexity index is 501. The van der Waals surface area contributed by atoms with Gasteiger partial charge in [-0.2, -0.15) is 0 Å². The van der Waals surface area contributed by atoms with Crippen LogP contribution in [0.25, 0.3) is 0 Å². The van der Waals surface area contributed by atoms with Crippen molar-refractivity contribution in [1.82, 2.24) is 4.90 Å². The van der Waals surface area contributed by atoms with Gasteiger partial charge in [0.25, 0.3) is 0 Å². The molecular weight excluding hydrogens is 270 g/mol. The van der Waals surface area contributed by atoms with Crippen LogP contribution in [0, 0.1) is 18.8 Å². The first-order valence-corrected chi connectivity index (χ1v) is 7.00. The summed E-state index contributed by atoms with van der Waals surface area (Å²) in [5.41, 5.74) is 1.11. The number of carboxylic acid groups (broad SMARTS) is 1. The van der Waals surface area contributed by atoms with E-state index in [9.17, 15) is 9.59 Å². The van der Waals surface area contributed by atoms with Crippen molar-refractivity contribution in [1.29, 1.82) is 0 Å². The molecule has 0 fully saturated rings. The lowest BCUT2D eigenvalue weighted by Gasteiger charge is -2.23. The molecule has 5 nitrogen and oxygen atoms in total. The van der Waals surface area contributed by atoms with Crippen molar-refractivity contribution in [3.05, 3.63) is 29.8 Å². The SMILES string of the molecule is Cc1cccc(OCCN(C)C(=O)C(C)C(C)C(=O)O)c1. The zero-order valence-corrected chi connectivity index (χ0v) is 13.0. The summed E-state index contributed by atoms with van der Waals surface area (Å²) in [5.74, 6) is -1.62. The van der Waals surface area contributed by atoms with Gasteiger partial charge in [-0.1, -0.05) is 26.0 Å². The van der Waals surface area contributed by atoms with E-state index in [4.69, 9.17) is 9.84 Å². The molecule has 0 aliphatic carbocycles. The number of ether oxygens (including phenoxy) is 1. The van der Waals surface area contributed by atoms with Crippen LogP contribution in [0.4, 0.5) is 0 Å². The molecule has 1 amide bonds. The molecule has 1 aromatic carbocycles. The van der Waals surface area contributed by atoms with E-state index in [0.717, 1.165) is 11.3 Å². The number of aliphatic carboxylic acids is 1. The van der Waals surface area contributed by atoms with Crippen molar-refractivity contribution in [3.8, 4) is 5.75 Å². The molecule has 116 valence electrons. The van der Waals surface area contributed by atoms with Gasteiger partial charge in [0.15, 0.2) is 0 Å². The van der Waals surface area contributed by atoms with Crippen molar-refractivity contribution < 1.29 is 19.4 Å². The zero-order chi connectivity index (χ0) is 16.0. The van der Waals surface area contributed by atoms with Gasteiger partial charge in [0.2, 0.25) is 5.91 Å². The Hall–Kier alpha value is -2.04. The maximum atomic E-state index is 12.1. The molecule has 1 N–H and O–H groups in total. The Kier molecular flexibility index (Phi) is 6.21.